The first kappa shape index (κ1) is 8.89. The molecule has 1 aliphatic heterocycles. The Kier molecular flexibility index (Phi) is 2.28. The van der Waals surface area contributed by atoms with Crippen LogP contribution in [0.25, 0.3) is 0 Å². The Balaban J connectivity index is 2.00. The van der Waals surface area contributed by atoms with Gasteiger partial charge in [-0.1, -0.05) is 6.07 Å². The van der Waals surface area contributed by atoms with E-state index in [1.54, 1.807) is 11.3 Å². The number of amides is 2. The minimum Gasteiger partial charge on any atom is -0.288 e. The lowest BCUT2D eigenvalue weighted by Gasteiger charge is -1.94. The number of nitrogens with zero attached hydrogens (tertiary/aromatic N) is 1. The zero-order valence-corrected chi connectivity index (χ0v) is 7.93. The molecule has 1 aromatic rings. The lowest BCUT2D eigenvalue weighted by Crippen LogP contribution is -2.25. The van der Waals surface area contributed by atoms with Crippen LogP contribution in [0.5, 0.6) is 0 Å². The summed E-state index contributed by atoms with van der Waals surface area (Å²) in [5, 5.41) is 6.59. The van der Waals surface area contributed by atoms with Crippen molar-refractivity contribution in [3.63, 3.8) is 0 Å². The van der Waals surface area contributed by atoms with Crippen LogP contribution in [0.2, 0.25) is 0 Å². The number of aliphatic imine (C=N–C) groups is 1. The van der Waals surface area contributed by atoms with Crippen molar-refractivity contribution in [2.75, 3.05) is 0 Å². The molecule has 0 saturated carbocycles. The minimum atomic E-state index is -0.657. The zero-order valence-electron chi connectivity index (χ0n) is 7.11. The molecule has 14 heavy (non-hydrogen) atoms. The van der Waals surface area contributed by atoms with Gasteiger partial charge in [0.2, 0.25) is 5.96 Å². The van der Waals surface area contributed by atoms with Crippen LogP contribution >= 0.6 is 11.3 Å². The van der Waals surface area contributed by atoms with E-state index in [4.69, 9.17) is 0 Å². The first-order valence-corrected chi connectivity index (χ1v) is 4.83. The van der Waals surface area contributed by atoms with Crippen LogP contribution in [0.4, 0.5) is 0 Å². The Morgan fingerprint density at radius 2 is 2.00 bits per heavy atom. The van der Waals surface area contributed by atoms with Crippen LogP contribution in [0.3, 0.4) is 0 Å². The fraction of sp³-hybridized carbons (Fsp3) is 0.125. The molecular weight excluding hydrogens is 202 g/mol. The summed E-state index contributed by atoms with van der Waals surface area (Å²) in [6, 6.07) is 3.86. The van der Waals surface area contributed by atoms with Gasteiger partial charge in [-0.3, -0.25) is 20.2 Å². The molecule has 0 spiro atoms. The van der Waals surface area contributed by atoms with Gasteiger partial charge in [-0.2, -0.15) is 0 Å². The molecule has 0 aliphatic carbocycles. The Labute approximate surface area is 83.8 Å². The van der Waals surface area contributed by atoms with Crippen LogP contribution in [-0.4, -0.2) is 17.8 Å². The standard InChI is InChI=1S/C8H7N3O2S/c12-6-7(13)11-8(10-6)9-4-5-2-1-3-14-5/h1-3H,4H2,(H2,9,10,11,12,13). The Hall–Kier alpha value is -1.69. The van der Waals surface area contributed by atoms with Crippen LogP contribution in [0.1, 0.15) is 4.88 Å². The van der Waals surface area contributed by atoms with Crippen molar-refractivity contribution in [3.8, 4) is 0 Å². The molecule has 0 unspecified atom stereocenters. The van der Waals surface area contributed by atoms with Crippen LogP contribution < -0.4 is 10.6 Å². The van der Waals surface area contributed by atoms with Crippen molar-refractivity contribution < 1.29 is 9.59 Å². The summed E-state index contributed by atoms with van der Waals surface area (Å²) in [5.74, 6) is -1.08. The summed E-state index contributed by atoms with van der Waals surface area (Å²) in [4.78, 5) is 26.6. The maximum absolute atomic E-state index is 10.7. The van der Waals surface area contributed by atoms with Gasteiger partial charge in [-0.15, -0.1) is 11.3 Å². The summed E-state index contributed by atoms with van der Waals surface area (Å²) in [7, 11) is 0. The number of guanidine groups is 1. The summed E-state index contributed by atoms with van der Waals surface area (Å²) >= 11 is 1.58. The summed E-state index contributed by atoms with van der Waals surface area (Å²) in [6.45, 7) is 0.466. The maximum atomic E-state index is 10.7. The lowest BCUT2D eigenvalue weighted by atomic mass is 10.5. The highest BCUT2D eigenvalue weighted by molar-refractivity contribution is 7.09. The fourth-order valence-electron chi connectivity index (χ4n) is 0.998. The van der Waals surface area contributed by atoms with Crippen LogP contribution in [-0.2, 0) is 16.1 Å². The molecule has 2 amide bonds. The van der Waals surface area contributed by atoms with E-state index in [2.05, 4.69) is 15.6 Å². The Morgan fingerprint density at radius 3 is 2.57 bits per heavy atom. The molecule has 5 nitrogen and oxygen atoms in total. The van der Waals surface area contributed by atoms with Gasteiger partial charge >= 0.3 is 11.8 Å². The largest absolute Gasteiger partial charge is 0.316 e. The monoisotopic (exact) mass is 209 g/mol. The number of carbonyl (C=O) groups excluding carboxylic acids is 2. The second kappa shape index (κ2) is 3.59. The molecule has 72 valence electrons. The normalized spacial score (nSPS) is 15.3. The molecule has 0 atom stereocenters. The smallest absolute Gasteiger partial charge is 0.288 e. The van der Waals surface area contributed by atoms with E-state index >= 15 is 0 Å². The fourth-order valence-corrected chi connectivity index (χ4v) is 1.63. The molecular formula is C8H7N3O2S. The van der Waals surface area contributed by atoms with E-state index in [1.807, 2.05) is 17.5 Å². The summed E-state index contributed by atoms with van der Waals surface area (Å²) < 4.78 is 0. The molecule has 0 aromatic carbocycles. The molecule has 1 fully saturated rings. The highest BCUT2D eigenvalue weighted by Crippen LogP contribution is 2.09. The van der Waals surface area contributed by atoms with E-state index in [0.717, 1.165) is 4.88 Å². The molecule has 0 bridgehead atoms. The third-order valence-corrected chi connectivity index (χ3v) is 2.50. The molecule has 1 aromatic heterocycles. The van der Waals surface area contributed by atoms with Crippen molar-refractivity contribution in [1.29, 1.82) is 0 Å². The molecule has 0 radical (unpaired) electrons. The highest BCUT2D eigenvalue weighted by atomic mass is 32.1. The van der Waals surface area contributed by atoms with Crippen molar-refractivity contribution >= 4 is 29.1 Å². The van der Waals surface area contributed by atoms with Crippen LogP contribution in [0.15, 0.2) is 22.5 Å². The van der Waals surface area contributed by atoms with Gasteiger partial charge < -0.3 is 0 Å². The van der Waals surface area contributed by atoms with Gasteiger partial charge in [-0.05, 0) is 11.4 Å². The van der Waals surface area contributed by atoms with E-state index in [-0.39, 0.29) is 5.96 Å². The SMILES string of the molecule is O=C1NC(=NCc2cccs2)NC1=O. The average molecular weight is 209 g/mol. The molecule has 2 rings (SSSR count). The van der Waals surface area contributed by atoms with Crippen molar-refractivity contribution in [3.05, 3.63) is 22.4 Å². The molecule has 6 heteroatoms. The van der Waals surface area contributed by atoms with Gasteiger partial charge in [0, 0.05) is 4.88 Å². The van der Waals surface area contributed by atoms with E-state index in [0.29, 0.717) is 6.54 Å². The average Bonchev–Trinajstić information content (AvgIpc) is 2.74. The Bertz CT molecular complexity index is 379. The lowest BCUT2D eigenvalue weighted by molar-refractivity contribution is -0.135. The molecule has 1 saturated heterocycles. The predicted octanol–water partition coefficient (Wildman–Crippen LogP) is -0.150. The minimum absolute atomic E-state index is 0.230. The second-order valence-electron chi connectivity index (χ2n) is 2.65. The number of carbonyl (C=O) groups is 2. The van der Waals surface area contributed by atoms with Gasteiger partial charge in [0.15, 0.2) is 0 Å². The van der Waals surface area contributed by atoms with Crippen molar-refractivity contribution in [1.82, 2.24) is 10.6 Å². The number of hydrogen-bond acceptors (Lipinski definition) is 4. The third kappa shape index (κ3) is 1.80. The summed E-state index contributed by atoms with van der Waals surface area (Å²) in [5.41, 5.74) is 0. The van der Waals surface area contributed by atoms with Crippen molar-refractivity contribution in [2.45, 2.75) is 6.54 Å². The van der Waals surface area contributed by atoms with Gasteiger partial charge in [0.1, 0.15) is 0 Å². The third-order valence-electron chi connectivity index (χ3n) is 1.64. The Morgan fingerprint density at radius 1 is 1.29 bits per heavy atom. The zero-order chi connectivity index (χ0) is 9.97. The van der Waals surface area contributed by atoms with E-state index in [9.17, 15) is 9.59 Å². The van der Waals surface area contributed by atoms with Gasteiger partial charge in [0.25, 0.3) is 0 Å². The first-order chi connectivity index (χ1) is 6.75. The molecule has 2 heterocycles. The number of rotatable bonds is 2. The topological polar surface area (TPSA) is 70.6 Å². The summed E-state index contributed by atoms with van der Waals surface area (Å²) in [6.07, 6.45) is 0. The maximum Gasteiger partial charge on any atom is 0.316 e. The highest BCUT2D eigenvalue weighted by Gasteiger charge is 2.24. The number of thiophene rings is 1. The molecule has 2 N–H and O–H groups in total. The van der Waals surface area contributed by atoms with E-state index < -0.39 is 11.8 Å². The van der Waals surface area contributed by atoms with Crippen LogP contribution in [0, 0.1) is 0 Å². The number of hydrogen-bond donors (Lipinski definition) is 2. The van der Waals surface area contributed by atoms with Gasteiger partial charge in [0.05, 0.1) is 6.54 Å². The van der Waals surface area contributed by atoms with Crippen molar-refractivity contribution in [2.24, 2.45) is 4.99 Å². The quantitative estimate of drug-likeness (QED) is 0.665. The number of nitrogens with one attached hydrogen (secondary N) is 2. The van der Waals surface area contributed by atoms with Gasteiger partial charge in [-0.25, -0.2) is 4.99 Å². The first-order valence-electron chi connectivity index (χ1n) is 3.95. The molecule has 1 aliphatic rings. The predicted molar refractivity (Wildman–Crippen MR) is 51.7 cm³/mol. The van der Waals surface area contributed by atoms with E-state index in [1.165, 1.54) is 0 Å². The second-order valence-corrected chi connectivity index (χ2v) is 3.68.